The van der Waals surface area contributed by atoms with E-state index in [1.54, 1.807) is 32.9 Å². The molecule has 5 rings (SSSR count). The highest BCUT2D eigenvalue weighted by Gasteiger charge is 2.42. The van der Waals surface area contributed by atoms with Crippen molar-refractivity contribution in [2.24, 2.45) is 0 Å². The van der Waals surface area contributed by atoms with Gasteiger partial charge in [-0.2, -0.15) is 0 Å². The van der Waals surface area contributed by atoms with Crippen molar-refractivity contribution in [2.75, 3.05) is 26.3 Å². The minimum Gasteiger partial charge on any atom is -0.494 e. The molecule has 7 nitrogen and oxygen atoms in total. The SMILES string of the molecule is CC(C)(C)OC(=O)N1CC(OCc2cc(F)ccc2F)C(c2ccc(OCCCOCc3ccccc3)cc2)C(OCc2cc(F)ccc2F)C1. The molecular weight excluding hydrogens is 666 g/mol. The van der Waals surface area contributed by atoms with Crippen LogP contribution < -0.4 is 4.74 Å². The van der Waals surface area contributed by atoms with Crippen molar-refractivity contribution in [3.8, 4) is 5.75 Å². The maximum absolute atomic E-state index is 14.6. The first-order valence-corrected chi connectivity index (χ1v) is 16.9. The van der Waals surface area contributed by atoms with Crippen molar-refractivity contribution in [1.29, 1.82) is 0 Å². The second-order valence-corrected chi connectivity index (χ2v) is 13.4. The van der Waals surface area contributed by atoms with Crippen molar-refractivity contribution >= 4 is 6.09 Å². The first kappa shape index (κ1) is 37.8. The first-order chi connectivity index (χ1) is 24.4. The van der Waals surface area contributed by atoms with Crippen LogP contribution >= 0.6 is 0 Å². The maximum atomic E-state index is 14.6. The van der Waals surface area contributed by atoms with E-state index in [-0.39, 0.29) is 37.4 Å². The van der Waals surface area contributed by atoms with E-state index in [0.717, 1.165) is 47.5 Å². The number of carbonyl (C=O) groups excluding carboxylic acids is 1. The molecule has 2 atom stereocenters. The molecular formula is C40H43F4NO6. The monoisotopic (exact) mass is 709 g/mol. The average Bonchev–Trinajstić information content (AvgIpc) is 3.10. The third-order valence-corrected chi connectivity index (χ3v) is 8.25. The van der Waals surface area contributed by atoms with Crippen molar-refractivity contribution in [1.82, 2.24) is 4.90 Å². The molecule has 0 N–H and O–H groups in total. The Morgan fingerprint density at radius 1 is 0.725 bits per heavy atom. The third kappa shape index (κ3) is 11.3. The van der Waals surface area contributed by atoms with Gasteiger partial charge in [0.2, 0.25) is 0 Å². The lowest BCUT2D eigenvalue weighted by Crippen LogP contribution is -2.55. The lowest BCUT2D eigenvalue weighted by molar-refractivity contribution is -0.101. The van der Waals surface area contributed by atoms with Crippen LogP contribution in [0.5, 0.6) is 5.75 Å². The van der Waals surface area contributed by atoms with Gasteiger partial charge in [0.05, 0.1) is 58.3 Å². The predicted octanol–water partition coefficient (Wildman–Crippen LogP) is 8.73. The summed E-state index contributed by atoms with van der Waals surface area (Å²) in [6, 6.07) is 23.4. The molecule has 0 spiro atoms. The summed E-state index contributed by atoms with van der Waals surface area (Å²) in [6.07, 6.45) is -1.56. The van der Waals surface area contributed by atoms with Crippen LogP contribution in [0.3, 0.4) is 0 Å². The number of piperidine rings is 1. The Morgan fingerprint density at radius 3 is 1.84 bits per heavy atom. The molecule has 0 bridgehead atoms. The van der Waals surface area contributed by atoms with Crippen LogP contribution in [0.2, 0.25) is 0 Å². The molecule has 1 fully saturated rings. The smallest absolute Gasteiger partial charge is 0.410 e. The minimum absolute atomic E-state index is 0.000984. The minimum atomic E-state index is -0.806. The van der Waals surface area contributed by atoms with Crippen LogP contribution in [-0.2, 0) is 38.8 Å². The zero-order chi connectivity index (χ0) is 36.4. The molecule has 0 aromatic heterocycles. The Labute approximate surface area is 296 Å². The molecule has 0 aliphatic carbocycles. The van der Waals surface area contributed by atoms with Crippen LogP contribution in [0.25, 0.3) is 0 Å². The summed E-state index contributed by atoms with van der Waals surface area (Å²) in [5.74, 6) is -2.49. The molecule has 0 radical (unpaired) electrons. The molecule has 1 amide bonds. The molecule has 272 valence electrons. The standard InChI is InChI=1S/C40H43F4NO6/c1-40(2,3)51-39(46)45-22-36(49-25-29-20-31(41)12-16-34(29)43)38(37(23-45)50-26-30-21-32(42)13-17-35(30)44)28-10-14-33(15-11-28)48-19-7-18-47-24-27-8-5-4-6-9-27/h4-6,8-17,20-21,36-38H,7,18-19,22-26H2,1-3H3. The van der Waals surface area contributed by atoms with E-state index < -0.39 is 53.1 Å². The molecule has 51 heavy (non-hydrogen) atoms. The zero-order valence-corrected chi connectivity index (χ0v) is 29.0. The van der Waals surface area contributed by atoms with E-state index in [2.05, 4.69) is 0 Å². The predicted molar refractivity (Wildman–Crippen MR) is 183 cm³/mol. The van der Waals surface area contributed by atoms with E-state index in [4.69, 9.17) is 23.7 Å². The molecule has 4 aromatic carbocycles. The maximum Gasteiger partial charge on any atom is 0.410 e. The number of hydrogen-bond acceptors (Lipinski definition) is 6. The molecule has 1 saturated heterocycles. The Balaban J connectivity index is 1.34. The second-order valence-electron chi connectivity index (χ2n) is 13.4. The van der Waals surface area contributed by atoms with Crippen LogP contribution in [-0.4, -0.2) is 55.1 Å². The fourth-order valence-electron chi connectivity index (χ4n) is 5.80. The van der Waals surface area contributed by atoms with Gasteiger partial charge in [0.15, 0.2) is 0 Å². The zero-order valence-electron chi connectivity index (χ0n) is 29.0. The van der Waals surface area contributed by atoms with E-state index in [0.29, 0.717) is 32.0 Å². The van der Waals surface area contributed by atoms with Crippen LogP contribution in [0.4, 0.5) is 22.4 Å². The number of amides is 1. The third-order valence-electron chi connectivity index (χ3n) is 8.25. The number of likely N-dealkylation sites (tertiary alicyclic amines) is 1. The first-order valence-electron chi connectivity index (χ1n) is 16.9. The Morgan fingerprint density at radius 2 is 1.29 bits per heavy atom. The molecule has 1 aliphatic heterocycles. The van der Waals surface area contributed by atoms with E-state index >= 15 is 0 Å². The van der Waals surface area contributed by atoms with Crippen molar-refractivity contribution in [3.05, 3.63) is 137 Å². The number of nitrogens with zero attached hydrogens (tertiary/aromatic N) is 1. The summed E-state index contributed by atoms with van der Waals surface area (Å²) in [6.45, 7) is 6.15. The van der Waals surface area contributed by atoms with Gasteiger partial charge in [0.1, 0.15) is 34.6 Å². The Bertz CT molecular complexity index is 1650. The number of ether oxygens (including phenoxy) is 5. The van der Waals surface area contributed by atoms with Gasteiger partial charge in [-0.15, -0.1) is 0 Å². The summed E-state index contributed by atoms with van der Waals surface area (Å²) in [7, 11) is 0. The van der Waals surface area contributed by atoms with Crippen molar-refractivity contribution in [2.45, 2.75) is 70.7 Å². The van der Waals surface area contributed by atoms with Gasteiger partial charge in [-0.1, -0.05) is 42.5 Å². The summed E-state index contributed by atoms with van der Waals surface area (Å²) in [4.78, 5) is 14.7. The van der Waals surface area contributed by atoms with Gasteiger partial charge in [0.25, 0.3) is 0 Å². The summed E-state index contributed by atoms with van der Waals surface area (Å²) >= 11 is 0. The number of hydrogen-bond donors (Lipinski definition) is 0. The van der Waals surface area contributed by atoms with E-state index in [9.17, 15) is 22.4 Å². The molecule has 2 unspecified atom stereocenters. The van der Waals surface area contributed by atoms with Gasteiger partial charge < -0.3 is 28.6 Å². The van der Waals surface area contributed by atoms with Gasteiger partial charge >= 0.3 is 6.09 Å². The number of carbonyl (C=O) groups is 1. The van der Waals surface area contributed by atoms with Crippen molar-refractivity contribution < 1.29 is 46.0 Å². The fraction of sp³-hybridized carbons (Fsp3) is 0.375. The lowest BCUT2D eigenvalue weighted by atomic mass is 9.84. The van der Waals surface area contributed by atoms with Gasteiger partial charge in [0, 0.05) is 23.5 Å². The fourth-order valence-corrected chi connectivity index (χ4v) is 5.80. The second kappa shape index (κ2) is 17.7. The normalized spacial score (nSPS) is 17.7. The van der Waals surface area contributed by atoms with Crippen LogP contribution in [0.15, 0.2) is 91.0 Å². The number of rotatable bonds is 14. The van der Waals surface area contributed by atoms with E-state index in [1.165, 1.54) is 4.90 Å². The number of halogens is 4. The topological polar surface area (TPSA) is 66.5 Å². The highest BCUT2D eigenvalue weighted by atomic mass is 19.1. The molecule has 1 heterocycles. The van der Waals surface area contributed by atoms with Crippen LogP contribution in [0.1, 0.15) is 55.4 Å². The van der Waals surface area contributed by atoms with Gasteiger partial charge in [-0.25, -0.2) is 22.4 Å². The summed E-state index contributed by atoms with van der Waals surface area (Å²) in [5, 5.41) is 0. The Hall–Kier alpha value is -4.45. The molecule has 11 heteroatoms. The largest absolute Gasteiger partial charge is 0.494 e. The van der Waals surface area contributed by atoms with Crippen LogP contribution in [0, 0.1) is 23.3 Å². The molecule has 1 aliphatic rings. The highest BCUT2D eigenvalue weighted by Crippen LogP contribution is 2.36. The number of benzene rings is 4. The average molecular weight is 710 g/mol. The molecule has 0 saturated carbocycles. The summed E-state index contributed by atoms with van der Waals surface area (Å²) < 4.78 is 87.2. The van der Waals surface area contributed by atoms with Gasteiger partial charge in [-0.05, 0) is 80.4 Å². The van der Waals surface area contributed by atoms with Gasteiger partial charge in [-0.3, -0.25) is 0 Å². The van der Waals surface area contributed by atoms with Crippen molar-refractivity contribution in [3.63, 3.8) is 0 Å². The molecule has 4 aromatic rings. The highest BCUT2D eigenvalue weighted by molar-refractivity contribution is 5.68. The Kier molecular flexibility index (Phi) is 13.1. The van der Waals surface area contributed by atoms with E-state index in [1.807, 2.05) is 42.5 Å². The quantitative estimate of drug-likeness (QED) is 0.0964. The summed E-state index contributed by atoms with van der Waals surface area (Å²) in [5.41, 5.74) is 1.03. The lowest BCUT2D eigenvalue weighted by Gasteiger charge is -2.43.